The summed E-state index contributed by atoms with van der Waals surface area (Å²) >= 11 is 0. The molecule has 0 unspecified atom stereocenters. The van der Waals surface area contributed by atoms with Crippen molar-refractivity contribution in [3.63, 3.8) is 0 Å². The van der Waals surface area contributed by atoms with Crippen LogP contribution >= 0.6 is 0 Å². The van der Waals surface area contributed by atoms with Gasteiger partial charge in [0.05, 0.1) is 13.2 Å². The van der Waals surface area contributed by atoms with E-state index in [0.717, 1.165) is 0 Å². The highest BCUT2D eigenvalue weighted by Crippen LogP contribution is 1.98. The van der Waals surface area contributed by atoms with Crippen molar-refractivity contribution < 1.29 is 9.53 Å². The number of hydrogen-bond donors (Lipinski definition) is 0. The number of aromatic nitrogens is 2. The monoisotopic (exact) mass is 224 g/mol. The van der Waals surface area contributed by atoms with Gasteiger partial charge in [0.2, 0.25) is 0 Å². The second-order valence-electron chi connectivity index (χ2n) is 3.32. The van der Waals surface area contributed by atoms with Gasteiger partial charge in [-0.2, -0.15) is 0 Å². The number of nitrogens with zero attached hydrogens (tertiary/aromatic N) is 2. The molecule has 1 heterocycles. The fraction of sp³-hybridized carbons (Fsp3) is 0.455. The van der Waals surface area contributed by atoms with Crippen LogP contribution in [0.25, 0.3) is 0 Å². The molecule has 1 aromatic heterocycles. The minimum absolute atomic E-state index is 0.145. The van der Waals surface area contributed by atoms with Gasteiger partial charge >= 0.3 is 11.7 Å². The van der Waals surface area contributed by atoms with Gasteiger partial charge in [-0.1, -0.05) is 6.58 Å². The third-order valence-corrected chi connectivity index (χ3v) is 2.18. The molecule has 0 aliphatic rings. The first-order chi connectivity index (χ1) is 7.60. The topological polar surface area (TPSA) is 53.2 Å². The Morgan fingerprint density at radius 2 is 2.00 bits per heavy atom. The molecule has 0 radical (unpaired) electrons. The molecule has 0 aromatic carbocycles. The molecule has 0 aliphatic heterocycles. The third-order valence-electron chi connectivity index (χ3n) is 2.18. The molecule has 5 heteroatoms. The molecule has 0 aliphatic carbocycles. The summed E-state index contributed by atoms with van der Waals surface area (Å²) in [6.07, 6.45) is 3.32. The molecule has 0 N–H and O–H groups in total. The minimum atomic E-state index is -0.460. The van der Waals surface area contributed by atoms with E-state index in [0.29, 0.717) is 13.2 Å². The summed E-state index contributed by atoms with van der Waals surface area (Å²) in [5.74, 6) is -0.460. The number of esters is 1. The smallest absolute Gasteiger partial charge is 0.335 e. The van der Waals surface area contributed by atoms with Crippen molar-refractivity contribution in [1.82, 2.24) is 9.13 Å². The lowest BCUT2D eigenvalue weighted by Gasteiger charge is -2.05. The SMILES string of the molecule is C=C(Cn1ccn(CC)c1=O)C(=O)OCC. The Kier molecular flexibility index (Phi) is 4.10. The zero-order valence-corrected chi connectivity index (χ0v) is 9.60. The van der Waals surface area contributed by atoms with E-state index < -0.39 is 5.97 Å². The van der Waals surface area contributed by atoms with Gasteiger partial charge in [0, 0.05) is 24.5 Å². The Morgan fingerprint density at radius 1 is 1.38 bits per heavy atom. The van der Waals surface area contributed by atoms with E-state index in [2.05, 4.69) is 6.58 Å². The Balaban J connectivity index is 2.74. The van der Waals surface area contributed by atoms with Crippen molar-refractivity contribution in [3.8, 4) is 0 Å². The molecule has 16 heavy (non-hydrogen) atoms. The molecule has 0 saturated carbocycles. The van der Waals surface area contributed by atoms with Crippen molar-refractivity contribution in [3.05, 3.63) is 35.0 Å². The standard InChI is InChI=1S/C11H16N2O3/c1-4-12-6-7-13(11(12)15)8-9(3)10(14)16-5-2/h6-7H,3-5,8H2,1-2H3. The van der Waals surface area contributed by atoms with Gasteiger partial charge in [-0.3, -0.25) is 9.13 Å². The van der Waals surface area contributed by atoms with Crippen LogP contribution in [0.1, 0.15) is 13.8 Å². The molecule has 1 aromatic rings. The van der Waals surface area contributed by atoms with Crippen molar-refractivity contribution in [2.24, 2.45) is 0 Å². The summed E-state index contributed by atoms with van der Waals surface area (Å²) in [5, 5.41) is 0. The van der Waals surface area contributed by atoms with Gasteiger partial charge < -0.3 is 4.74 Å². The van der Waals surface area contributed by atoms with Gasteiger partial charge in [-0.05, 0) is 13.8 Å². The first kappa shape index (κ1) is 12.3. The van der Waals surface area contributed by atoms with Gasteiger partial charge in [0.25, 0.3) is 0 Å². The molecule has 1 rings (SSSR count). The molecule has 88 valence electrons. The summed E-state index contributed by atoms with van der Waals surface area (Å²) in [7, 11) is 0. The van der Waals surface area contributed by atoms with Gasteiger partial charge in [0.1, 0.15) is 0 Å². The molecule has 0 spiro atoms. The predicted octanol–water partition coefficient (Wildman–Crippen LogP) is 0.789. The second kappa shape index (κ2) is 5.34. The highest BCUT2D eigenvalue weighted by Gasteiger charge is 2.10. The molecular weight excluding hydrogens is 208 g/mol. The predicted molar refractivity (Wildman–Crippen MR) is 60.1 cm³/mol. The normalized spacial score (nSPS) is 10.1. The molecule has 0 bridgehead atoms. The Morgan fingerprint density at radius 3 is 2.50 bits per heavy atom. The molecular formula is C11H16N2O3. The fourth-order valence-electron chi connectivity index (χ4n) is 1.32. The lowest BCUT2D eigenvalue weighted by molar-refractivity contribution is -0.138. The number of carbonyl (C=O) groups excluding carboxylic acids is 1. The molecule has 5 nitrogen and oxygen atoms in total. The highest BCUT2D eigenvalue weighted by atomic mass is 16.5. The zero-order valence-electron chi connectivity index (χ0n) is 9.60. The van der Waals surface area contributed by atoms with Gasteiger partial charge in [-0.15, -0.1) is 0 Å². The average Bonchev–Trinajstić information content (AvgIpc) is 2.60. The quantitative estimate of drug-likeness (QED) is 0.549. The Hall–Kier alpha value is -1.78. The van der Waals surface area contributed by atoms with E-state index >= 15 is 0 Å². The fourth-order valence-corrected chi connectivity index (χ4v) is 1.32. The number of aryl methyl sites for hydroxylation is 1. The van der Waals surface area contributed by atoms with E-state index in [1.54, 1.807) is 23.9 Å². The van der Waals surface area contributed by atoms with Crippen LogP contribution in [0.5, 0.6) is 0 Å². The second-order valence-corrected chi connectivity index (χ2v) is 3.32. The zero-order chi connectivity index (χ0) is 12.1. The number of rotatable bonds is 5. The van der Waals surface area contributed by atoms with Gasteiger partial charge in [-0.25, -0.2) is 9.59 Å². The lowest BCUT2D eigenvalue weighted by Crippen LogP contribution is -2.25. The van der Waals surface area contributed by atoms with Crippen LogP contribution in [0.2, 0.25) is 0 Å². The van der Waals surface area contributed by atoms with Crippen molar-refractivity contribution in [2.75, 3.05) is 6.61 Å². The van der Waals surface area contributed by atoms with E-state index in [-0.39, 0.29) is 17.8 Å². The minimum Gasteiger partial charge on any atom is -0.463 e. The summed E-state index contributed by atoms with van der Waals surface area (Å²) in [4.78, 5) is 22.9. The number of imidazole rings is 1. The number of carbonyl (C=O) groups is 1. The molecule has 0 fully saturated rings. The summed E-state index contributed by atoms with van der Waals surface area (Å²) in [6, 6.07) is 0. The van der Waals surface area contributed by atoms with E-state index in [1.807, 2.05) is 6.92 Å². The summed E-state index contributed by atoms with van der Waals surface area (Å²) in [5.41, 5.74) is 0.130. The van der Waals surface area contributed by atoms with Crippen LogP contribution in [0.3, 0.4) is 0 Å². The van der Waals surface area contributed by atoms with Gasteiger partial charge in [0.15, 0.2) is 0 Å². The Bertz CT molecular complexity index is 442. The maximum Gasteiger partial charge on any atom is 0.335 e. The molecule has 0 amide bonds. The molecule has 0 atom stereocenters. The highest BCUT2D eigenvalue weighted by molar-refractivity contribution is 5.87. The van der Waals surface area contributed by atoms with Crippen LogP contribution in [-0.4, -0.2) is 21.7 Å². The van der Waals surface area contributed by atoms with Crippen LogP contribution < -0.4 is 5.69 Å². The van der Waals surface area contributed by atoms with E-state index in [4.69, 9.17) is 4.74 Å². The maximum absolute atomic E-state index is 11.6. The van der Waals surface area contributed by atoms with Crippen LogP contribution in [-0.2, 0) is 22.6 Å². The average molecular weight is 224 g/mol. The van der Waals surface area contributed by atoms with Crippen molar-refractivity contribution in [2.45, 2.75) is 26.9 Å². The third kappa shape index (κ3) is 2.62. The lowest BCUT2D eigenvalue weighted by atomic mass is 10.3. The van der Waals surface area contributed by atoms with E-state index in [9.17, 15) is 9.59 Å². The summed E-state index contributed by atoms with van der Waals surface area (Å²) in [6.45, 7) is 8.30. The first-order valence-electron chi connectivity index (χ1n) is 5.20. The van der Waals surface area contributed by atoms with Crippen molar-refractivity contribution in [1.29, 1.82) is 0 Å². The molecule has 0 saturated heterocycles. The summed E-state index contributed by atoms with van der Waals surface area (Å²) < 4.78 is 7.78. The first-order valence-corrected chi connectivity index (χ1v) is 5.20. The largest absolute Gasteiger partial charge is 0.463 e. The Labute approximate surface area is 93.9 Å². The number of ether oxygens (including phenoxy) is 1. The van der Waals surface area contributed by atoms with Crippen molar-refractivity contribution >= 4 is 5.97 Å². The van der Waals surface area contributed by atoms with E-state index in [1.165, 1.54) is 4.57 Å². The van der Waals surface area contributed by atoms with Crippen LogP contribution in [0.15, 0.2) is 29.3 Å². The van der Waals surface area contributed by atoms with Crippen LogP contribution in [0, 0.1) is 0 Å². The van der Waals surface area contributed by atoms with Crippen LogP contribution in [0.4, 0.5) is 0 Å². The number of hydrogen-bond acceptors (Lipinski definition) is 3. The maximum atomic E-state index is 11.6.